The Kier molecular flexibility index (Phi) is 3.22. The lowest BCUT2D eigenvalue weighted by molar-refractivity contribution is 0.101. The summed E-state index contributed by atoms with van der Waals surface area (Å²) < 4.78 is 1.80. The van der Waals surface area contributed by atoms with Crippen molar-refractivity contribution in [1.29, 1.82) is 0 Å². The third-order valence-electron chi connectivity index (χ3n) is 4.94. The second-order valence-electron chi connectivity index (χ2n) is 6.61. The molecule has 0 radical (unpaired) electrons. The molecular formula is C21H16N4O. The van der Waals surface area contributed by atoms with E-state index in [4.69, 9.17) is 5.10 Å². The molecule has 2 heterocycles. The monoisotopic (exact) mass is 340 g/mol. The first-order valence-corrected chi connectivity index (χ1v) is 8.66. The van der Waals surface area contributed by atoms with Crippen molar-refractivity contribution in [1.82, 2.24) is 19.8 Å². The van der Waals surface area contributed by atoms with E-state index in [0.717, 1.165) is 46.7 Å². The van der Waals surface area contributed by atoms with E-state index >= 15 is 0 Å². The molecule has 126 valence electrons. The van der Waals surface area contributed by atoms with E-state index in [0.29, 0.717) is 5.56 Å². The summed E-state index contributed by atoms with van der Waals surface area (Å²) in [4.78, 5) is 11.8. The summed E-state index contributed by atoms with van der Waals surface area (Å²) in [6.07, 6.45) is 1.86. The molecule has 0 aliphatic heterocycles. The number of aromatic nitrogens is 4. The Morgan fingerprint density at radius 3 is 2.58 bits per heavy atom. The minimum atomic E-state index is 0.0651. The molecule has 1 aliphatic rings. The van der Waals surface area contributed by atoms with Gasteiger partial charge in [-0.3, -0.25) is 4.79 Å². The molecule has 0 unspecified atom stereocenters. The van der Waals surface area contributed by atoms with Gasteiger partial charge in [0.15, 0.2) is 17.3 Å². The van der Waals surface area contributed by atoms with Crippen molar-refractivity contribution >= 4 is 11.4 Å². The van der Waals surface area contributed by atoms with Crippen molar-refractivity contribution in [3.63, 3.8) is 0 Å². The first-order chi connectivity index (χ1) is 12.7. The topological polar surface area (TPSA) is 60.2 Å². The Bertz CT molecular complexity index is 1160. The molecule has 5 rings (SSSR count). The molecule has 0 N–H and O–H groups in total. The van der Waals surface area contributed by atoms with Crippen molar-refractivity contribution in [3.8, 4) is 22.6 Å². The number of nitrogens with zero attached hydrogens (tertiary/aromatic N) is 4. The van der Waals surface area contributed by atoms with Gasteiger partial charge >= 0.3 is 0 Å². The normalized spacial score (nSPS) is 12.7. The number of Topliss-reactive ketones (excluding diaryl/α,β-unsaturated/α-hetero) is 1. The Morgan fingerprint density at radius 1 is 0.962 bits per heavy atom. The molecule has 5 heteroatoms. The van der Waals surface area contributed by atoms with Crippen LogP contribution in [0.3, 0.4) is 0 Å². The number of hydrogen-bond acceptors (Lipinski definition) is 4. The summed E-state index contributed by atoms with van der Waals surface area (Å²) in [6.45, 7) is 1.59. The third kappa shape index (κ3) is 2.24. The summed E-state index contributed by atoms with van der Waals surface area (Å²) >= 11 is 0. The summed E-state index contributed by atoms with van der Waals surface area (Å²) in [6, 6.07) is 17.9. The van der Waals surface area contributed by atoms with Crippen LogP contribution in [0, 0.1) is 0 Å². The second kappa shape index (κ2) is 5.59. The summed E-state index contributed by atoms with van der Waals surface area (Å²) in [5.41, 5.74) is 6.76. The van der Waals surface area contributed by atoms with Crippen LogP contribution >= 0.6 is 0 Å². The number of ketones is 1. The largest absolute Gasteiger partial charge is 0.295 e. The highest BCUT2D eigenvalue weighted by Gasteiger charge is 2.21. The minimum absolute atomic E-state index is 0.0651. The number of hydrogen-bond donors (Lipinski definition) is 0. The van der Waals surface area contributed by atoms with Gasteiger partial charge in [0, 0.05) is 16.7 Å². The highest BCUT2D eigenvalue weighted by Crippen LogP contribution is 2.33. The maximum Gasteiger partial charge on any atom is 0.185 e. The van der Waals surface area contributed by atoms with Crippen LogP contribution in [-0.2, 0) is 12.8 Å². The zero-order chi connectivity index (χ0) is 17.7. The SMILES string of the molecule is CC(=O)c1ccc2c(c1)-c1nn3c(-c4ccccc4)nnc3cc1CC2. The maximum absolute atomic E-state index is 11.8. The smallest absolute Gasteiger partial charge is 0.185 e. The maximum atomic E-state index is 11.8. The van der Waals surface area contributed by atoms with E-state index in [1.165, 1.54) is 5.56 Å². The quantitative estimate of drug-likeness (QED) is 0.521. The second-order valence-corrected chi connectivity index (χ2v) is 6.61. The lowest BCUT2D eigenvalue weighted by Crippen LogP contribution is -2.10. The highest BCUT2D eigenvalue weighted by atomic mass is 16.1. The van der Waals surface area contributed by atoms with Crippen LogP contribution in [0.5, 0.6) is 0 Å². The van der Waals surface area contributed by atoms with E-state index in [-0.39, 0.29) is 5.78 Å². The van der Waals surface area contributed by atoms with Crippen molar-refractivity contribution in [2.75, 3.05) is 0 Å². The fourth-order valence-electron chi connectivity index (χ4n) is 3.56. The van der Waals surface area contributed by atoms with E-state index in [1.807, 2.05) is 48.5 Å². The van der Waals surface area contributed by atoms with Gasteiger partial charge in [0.05, 0.1) is 5.69 Å². The summed E-state index contributed by atoms with van der Waals surface area (Å²) in [7, 11) is 0. The first kappa shape index (κ1) is 15.0. The molecule has 0 saturated carbocycles. The van der Waals surface area contributed by atoms with Gasteiger partial charge in [-0.05, 0) is 43.0 Å². The van der Waals surface area contributed by atoms with Gasteiger partial charge in [-0.1, -0.05) is 42.5 Å². The molecule has 4 aromatic rings. The van der Waals surface area contributed by atoms with Crippen molar-refractivity contribution in [2.24, 2.45) is 0 Å². The molecule has 0 amide bonds. The Morgan fingerprint density at radius 2 is 1.77 bits per heavy atom. The molecule has 0 spiro atoms. The van der Waals surface area contributed by atoms with Crippen LogP contribution < -0.4 is 0 Å². The van der Waals surface area contributed by atoms with Crippen molar-refractivity contribution in [2.45, 2.75) is 19.8 Å². The Balaban J connectivity index is 1.75. The average molecular weight is 340 g/mol. The van der Waals surface area contributed by atoms with Gasteiger partial charge in [-0.2, -0.15) is 9.61 Å². The fraction of sp³-hybridized carbons (Fsp3) is 0.143. The van der Waals surface area contributed by atoms with E-state index < -0.39 is 0 Å². The van der Waals surface area contributed by atoms with Gasteiger partial charge in [0.1, 0.15) is 0 Å². The predicted molar refractivity (Wildman–Crippen MR) is 99.1 cm³/mol. The van der Waals surface area contributed by atoms with Gasteiger partial charge in [-0.25, -0.2) is 0 Å². The number of carbonyl (C=O) groups excluding carboxylic acids is 1. The van der Waals surface area contributed by atoms with Gasteiger partial charge in [-0.15, -0.1) is 10.2 Å². The molecule has 5 nitrogen and oxygen atoms in total. The molecule has 26 heavy (non-hydrogen) atoms. The predicted octanol–water partition coefficient (Wildman–Crippen LogP) is 3.76. The van der Waals surface area contributed by atoms with Crippen LogP contribution in [-0.4, -0.2) is 25.6 Å². The molecule has 0 atom stereocenters. The van der Waals surface area contributed by atoms with Crippen LogP contribution in [0.15, 0.2) is 54.6 Å². The number of carbonyl (C=O) groups is 1. The van der Waals surface area contributed by atoms with Gasteiger partial charge in [0.25, 0.3) is 0 Å². The number of rotatable bonds is 2. The zero-order valence-electron chi connectivity index (χ0n) is 14.3. The molecule has 0 bridgehead atoms. The fourth-order valence-corrected chi connectivity index (χ4v) is 3.56. The van der Waals surface area contributed by atoms with E-state index in [9.17, 15) is 4.79 Å². The first-order valence-electron chi connectivity index (χ1n) is 8.66. The number of fused-ring (bicyclic) bond motifs is 4. The molecule has 2 aromatic heterocycles. The summed E-state index contributed by atoms with van der Waals surface area (Å²) in [5, 5.41) is 13.5. The minimum Gasteiger partial charge on any atom is -0.295 e. The van der Waals surface area contributed by atoms with Gasteiger partial charge < -0.3 is 0 Å². The van der Waals surface area contributed by atoms with E-state index in [1.54, 1.807) is 11.4 Å². The molecule has 0 fully saturated rings. The lowest BCUT2D eigenvalue weighted by atomic mass is 9.88. The Hall–Kier alpha value is -3.34. The van der Waals surface area contributed by atoms with Crippen LogP contribution in [0.2, 0.25) is 0 Å². The molecule has 0 saturated heterocycles. The van der Waals surface area contributed by atoms with Crippen LogP contribution in [0.4, 0.5) is 0 Å². The lowest BCUT2D eigenvalue weighted by Gasteiger charge is -2.19. The molecular weight excluding hydrogens is 324 g/mol. The molecule has 2 aromatic carbocycles. The summed E-state index contributed by atoms with van der Waals surface area (Å²) in [5.74, 6) is 0.786. The third-order valence-corrected chi connectivity index (χ3v) is 4.94. The van der Waals surface area contributed by atoms with Crippen LogP contribution in [0.1, 0.15) is 28.4 Å². The van der Waals surface area contributed by atoms with Crippen LogP contribution in [0.25, 0.3) is 28.3 Å². The number of aryl methyl sites for hydroxylation is 2. The van der Waals surface area contributed by atoms with Crippen molar-refractivity contribution < 1.29 is 4.79 Å². The van der Waals surface area contributed by atoms with Gasteiger partial charge in [0.2, 0.25) is 0 Å². The van der Waals surface area contributed by atoms with E-state index in [2.05, 4.69) is 16.3 Å². The number of benzene rings is 2. The standard InChI is InChI=1S/C21H16N4O/c1-13(26)16-9-7-14-8-10-17-12-19-22-23-21(15-5-3-2-4-6-15)25(19)24-20(17)18(14)11-16/h2-7,9,11-12H,8,10H2,1H3. The van der Waals surface area contributed by atoms with Crippen molar-refractivity contribution in [3.05, 3.63) is 71.3 Å². The molecule has 1 aliphatic carbocycles. The highest BCUT2D eigenvalue weighted by molar-refractivity contribution is 5.95. The Labute approximate surface area is 150 Å². The average Bonchev–Trinajstić information content (AvgIpc) is 3.09. The zero-order valence-corrected chi connectivity index (χ0v) is 14.3.